The SMILES string of the molecule is C[C@H](NC(=O)[C@@H]1C[C@@H](F)CN1C(=O)CNC(=O)c1ccc2cc(F)ccc2n1)c1ccc(N(C2CCC2)C2CCN(C)CC2)cc1/C=C/C1CC1. The molecule has 2 N–H and O–H groups in total. The number of carbonyl (C=O) groups excluding carboxylic acids is 3. The van der Waals surface area contributed by atoms with Crippen LogP contribution in [0.15, 0.2) is 54.6 Å². The van der Waals surface area contributed by atoms with Crippen molar-refractivity contribution >= 4 is 40.4 Å². The van der Waals surface area contributed by atoms with Gasteiger partial charge >= 0.3 is 0 Å². The summed E-state index contributed by atoms with van der Waals surface area (Å²) in [4.78, 5) is 50.4. The lowest BCUT2D eigenvalue weighted by Gasteiger charge is -2.47. The molecule has 2 aliphatic heterocycles. The first kappa shape index (κ1) is 35.0. The molecule has 0 spiro atoms. The molecule has 9 nitrogen and oxygen atoms in total. The van der Waals surface area contributed by atoms with Crippen LogP contribution in [0.3, 0.4) is 0 Å². The number of aromatic nitrogens is 1. The van der Waals surface area contributed by atoms with E-state index in [2.05, 4.69) is 62.8 Å². The van der Waals surface area contributed by atoms with Crippen molar-refractivity contribution in [2.24, 2.45) is 5.92 Å². The fraction of sp³-hybridized carbons (Fsp3) is 0.500. The molecule has 3 atom stereocenters. The number of rotatable bonds is 11. The first-order valence-corrected chi connectivity index (χ1v) is 18.5. The minimum absolute atomic E-state index is 0.0644. The molecule has 3 heterocycles. The smallest absolute Gasteiger partial charge is 0.270 e. The van der Waals surface area contributed by atoms with Crippen molar-refractivity contribution in [2.45, 2.75) is 88.6 Å². The van der Waals surface area contributed by atoms with Crippen molar-refractivity contribution in [2.75, 3.05) is 38.1 Å². The van der Waals surface area contributed by atoms with Crippen molar-refractivity contribution in [3.63, 3.8) is 0 Å². The highest BCUT2D eigenvalue weighted by atomic mass is 19.1. The van der Waals surface area contributed by atoms with E-state index in [0.29, 0.717) is 28.9 Å². The molecule has 4 aliphatic rings. The average molecular weight is 699 g/mol. The topological polar surface area (TPSA) is 97.9 Å². The fourth-order valence-electron chi connectivity index (χ4n) is 7.71. The molecule has 11 heteroatoms. The van der Waals surface area contributed by atoms with Crippen LogP contribution < -0.4 is 15.5 Å². The van der Waals surface area contributed by atoms with E-state index in [0.717, 1.165) is 37.1 Å². The number of anilines is 1. The molecule has 0 radical (unpaired) electrons. The Bertz CT molecular complexity index is 1800. The van der Waals surface area contributed by atoms with Crippen LogP contribution in [0.1, 0.15) is 85.9 Å². The van der Waals surface area contributed by atoms with Crippen LogP contribution in [-0.4, -0.2) is 90.0 Å². The maximum Gasteiger partial charge on any atom is 0.270 e. The normalized spacial score (nSPS) is 22.2. The lowest BCUT2D eigenvalue weighted by Crippen LogP contribution is -2.51. The van der Waals surface area contributed by atoms with Gasteiger partial charge in [-0.25, -0.2) is 13.8 Å². The second-order valence-electron chi connectivity index (χ2n) is 14.9. The highest BCUT2D eigenvalue weighted by molar-refractivity contribution is 5.97. The molecule has 2 aliphatic carbocycles. The first-order valence-electron chi connectivity index (χ1n) is 18.5. The Labute approximate surface area is 298 Å². The van der Waals surface area contributed by atoms with E-state index in [-0.39, 0.29) is 24.7 Å². The van der Waals surface area contributed by atoms with Gasteiger partial charge in [0.2, 0.25) is 11.8 Å². The van der Waals surface area contributed by atoms with Gasteiger partial charge in [-0.1, -0.05) is 24.3 Å². The van der Waals surface area contributed by atoms with Gasteiger partial charge in [0.05, 0.1) is 24.6 Å². The van der Waals surface area contributed by atoms with Gasteiger partial charge in [0, 0.05) is 29.6 Å². The number of piperidine rings is 1. The van der Waals surface area contributed by atoms with Gasteiger partial charge in [0.1, 0.15) is 23.7 Å². The molecule has 1 aromatic heterocycles. The van der Waals surface area contributed by atoms with E-state index in [1.54, 1.807) is 6.07 Å². The predicted octanol–water partition coefficient (Wildman–Crippen LogP) is 5.80. The summed E-state index contributed by atoms with van der Waals surface area (Å²) in [6.45, 7) is 3.49. The number of hydrogen-bond donors (Lipinski definition) is 2. The van der Waals surface area contributed by atoms with Gasteiger partial charge in [-0.15, -0.1) is 0 Å². The number of allylic oxidation sites excluding steroid dienone is 1. The summed E-state index contributed by atoms with van der Waals surface area (Å²) in [6.07, 6.45) is 11.4. The molecule has 3 amide bonds. The van der Waals surface area contributed by atoms with Crippen molar-refractivity contribution in [3.8, 4) is 0 Å². The molecular weight excluding hydrogens is 650 g/mol. The third kappa shape index (κ3) is 8.08. The minimum atomic E-state index is -1.35. The van der Waals surface area contributed by atoms with Gasteiger partial charge in [-0.3, -0.25) is 14.4 Å². The van der Waals surface area contributed by atoms with Gasteiger partial charge in [0.25, 0.3) is 5.91 Å². The molecule has 2 saturated heterocycles. The number of likely N-dealkylation sites (tertiary alicyclic amines) is 2. The first-order chi connectivity index (χ1) is 24.6. The Kier molecular flexibility index (Phi) is 10.4. The number of nitrogens with zero attached hydrogens (tertiary/aromatic N) is 4. The minimum Gasteiger partial charge on any atom is -0.365 e. The standard InChI is InChI=1S/C40H48F2N6O3/c1-25(34-13-12-33(21-27(34)9-8-26-6-7-26)48(31-4-3-5-31)32-16-18-46(2)19-17-32)44-40(51)37-22-30(42)24-47(37)38(49)23-43-39(50)36-14-10-28-20-29(41)11-15-35(28)45-36/h8-15,20-21,25-26,30-32,37H,3-7,16-19,22-24H2,1-2H3,(H,43,50)(H,44,51)/b9-8+/t25-,30+,37-/m0/s1. The highest BCUT2D eigenvalue weighted by Crippen LogP contribution is 2.37. The van der Waals surface area contributed by atoms with Crippen molar-refractivity contribution in [1.82, 2.24) is 25.4 Å². The Morgan fingerprint density at radius 2 is 1.76 bits per heavy atom. The Hall–Kier alpha value is -4.38. The van der Waals surface area contributed by atoms with Crippen LogP contribution in [0, 0.1) is 11.7 Å². The molecule has 3 aromatic rings. The maximum atomic E-state index is 14.8. The molecule has 2 aromatic carbocycles. The summed E-state index contributed by atoms with van der Waals surface area (Å²) in [5.74, 6) is -1.39. The molecule has 7 rings (SSSR count). The number of halogens is 2. The lowest BCUT2D eigenvalue weighted by atomic mass is 9.87. The summed E-state index contributed by atoms with van der Waals surface area (Å²) in [5, 5.41) is 6.18. The van der Waals surface area contributed by atoms with Gasteiger partial charge in [-0.2, -0.15) is 0 Å². The highest BCUT2D eigenvalue weighted by Gasteiger charge is 2.40. The zero-order valence-electron chi connectivity index (χ0n) is 29.5. The number of fused-ring (bicyclic) bond motifs is 1. The number of alkyl halides is 1. The van der Waals surface area contributed by atoms with E-state index >= 15 is 0 Å². The van der Waals surface area contributed by atoms with E-state index in [1.165, 1.54) is 67.0 Å². The van der Waals surface area contributed by atoms with Crippen molar-refractivity contribution in [1.29, 1.82) is 0 Å². The summed E-state index contributed by atoms with van der Waals surface area (Å²) in [7, 11) is 2.19. The summed E-state index contributed by atoms with van der Waals surface area (Å²) >= 11 is 0. The number of carbonyl (C=O) groups is 3. The Morgan fingerprint density at radius 3 is 2.49 bits per heavy atom. The number of amides is 3. The van der Waals surface area contributed by atoms with Gasteiger partial charge in [-0.05, 0) is 125 Å². The molecular formula is C40H48F2N6O3. The molecule has 4 fully saturated rings. The molecule has 0 bridgehead atoms. The van der Waals surface area contributed by atoms with E-state index in [4.69, 9.17) is 0 Å². The number of pyridine rings is 1. The van der Waals surface area contributed by atoms with E-state index in [1.807, 2.05) is 6.92 Å². The van der Waals surface area contributed by atoms with Crippen LogP contribution in [0.4, 0.5) is 14.5 Å². The number of benzene rings is 2. The number of hydrogen-bond acceptors (Lipinski definition) is 6. The molecule has 270 valence electrons. The zero-order valence-corrected chi connectivity index (χ0v) is 29.5. The monoisotopic (exact) mass is 698 g/mol. The fourth-order valence-corrected chi connectivity index (χ4v) is 7.71. The zero-order chi connectivity index (χ0) is 35.6. The molecule has 0 unspecified atom stereocenters. The molecule has 51 heavy (non-hydrogen) atoms. The van der Waals surface area contributed by atoms with Gasteiger partial charge in [0.15, 0.2) is 0 Å². The largest absolute Gasteiger partial charge is 0.365 e. The third-order valence-corrected chi connectivity index (χ3v) is 11.1. The lowest BCUT2D eigenvalue weighted by molar-refractivity contribution is -0.138. The van der Waals surface area contributed by atoms with Crippen LogP contribution in [0.2, 0.25) is 0 Å². The van der Waals surface area contributed by atoms with Crippen LogP contribution in [0.5, 0.6) is 0 Å². The van der Waals surface area contributed by atoms with Crippen LogP contribution >= 0.6 is 0 Å². The predicted molar refractivity (Wildman–Crippen MR) is 194 cm³/mol. The Morgan fingerprint density at radius 1 is 1.00 bits per heavy atom. The van der Waals surface area contributed by atoms with E-state index < -0.39 is 42.3 Å². The Balaban J connectivity index is 1.03. The van der Waals surface area contributed by atoms with Crippen LogP contribution in [0.25, 0.3) is 17.0 Å². The number of nitrogens with one attached hydrogen (secondary N) is 2. The molecule has 2 saturated carbocycles. The average Bonchev–Trinajstić information content (AvgIpc) is 3.85. The second kappa shape index (κ2) is 15.1. The van der Waals surface area contributed by atoms with E-state index in [9.17, 15) is 23.2 Å². The quantitative estimate of drug-likeness (QED) is 0.263. The van der Waals surface area contributed by atoms with Crippen molar-refractivity contribution in [3.05, 3.63) is 77.2 Å². The van der Waals surface area contributed by atoms with Crippen molar-refractivity contribution < 1.29 is 23.2 Å². The van der Waals surface area contributed by atoms with Crippen LogP contribution in [-0.2, 0) is 9.59 Å². The van der Waals surface area contributed by atoms with Gasteiger partial charge < -0.3 is 25.3 Å². The summed E-state index contributed by atoms with van der Waals surface area (Å²) in [6, 6.07) is 13.4. The second-order valence-corrected chi connectivity index (χ2v) is 14.9. The summed E-state index contributed by atoms with van der Waals surface area (Å²) < 4.78 is 28.3. The maximum absolute atomic E-state index is 14.8. The third-order valence-electron chi connectivity index (χ3n) is 11.1. The summed E-state index contributed by atoms with van der Waals surface area (Å²) in [5.41, 5.74) is 3.79.